The number of nitrogens with zero attached hydrogens (tertiary/aromatic N) is 4. The molecule has 6 nitrogen and oxygen atoms in total. The molecule has 3 rings (SSSR count). The van der Waals surface area contributed by atoms with E-state index in [2.05, 4.69) is 20.2 Å². The second-order valence-corrected chi connectivity index (χ2v) is 6.58. The predicted molar refractivity (Wildman–Crippen MR) is 100 cm³/mol. The van der Waals surface area contributed by atoms with Gasteiger partial charge in [0.05, 0.1) is 5.56 Å². The number of aromatic nitrogens is 2. The summed E-state index contributed by atoms with van der Waals surface area (Å²) in [6.07, 6.45) is -4.41. The maximum atomic E-state index is 12.7. The van der Waals surface area contributed by atoms with Gasteiger partial charge in [-0.05, 0) is 38.1 Å². The number of hydrogen-bond donors (Lipinski definition) is 1. The molecule has 1 aromatic carbocycles. The molecule has 1 aliphatic heterocycles. The first-order valence-corrected chi connectivity index (χ1v) is 9.09. The molecule has 2 aromatic rings. The largest absolute Gasteiger partial charge is 0.416 e. The fourth-order valence-corrected chi connectivity index (χ4v) is 3.07. The van der Waals surface area contributed by atoms with E-state index >= 15 is 0 Å². The zero-order valence-corrected chi connectivity index (χ0v) is 15.8. The Hall–Kier alpha value is -2.84. The van der Waals surface area contributed by atoms with E-state index in [-0.39, 0.29) is 11.5 Å². The van der Waals surface area contributed by atoms with Gasteiger partial charge in [0.2, 0.25) is 5.95 Å². The molecule has 28 heavy (non-hydrogen) atoms. The molecule has 1 saturated heterocycles. The van der Waals surface area contributed by atoms with E-state index in [0.717, 1.165) is 30.2 Å². The van der Waals surface area contributed by atoms with E-state index in [4.69, 9.17) is 0 Å². The lowest BCUT2D eigenvalue weighted by Gasteiger charge is -2.35. The second kappa shape index (κ2) is 8.04. The van der Waals surface area contributed by atoms with Crippen LogP contribution in [0.2, 0.25) is 0 Å². The number of hydrogen-bond acceptors (Lipinski definition) is 5. The van der Waals surface area contributed by atoms with Gasteiger partial charge in [0, 0.05) is 50.0 Å². The third-order valence-electron chi connectivity index (χ3n) is 4.53. The Kier molecular flexibility index (Phi) is 5.71. The molecule has 0 spiro atoms. The van der Waals surface area contributed by atoms with Gasteiger partial charge in [-0.25, -0.2) is 4.98 Å². The topological polar surface area (TPSA) is 61.4 Å². The fourth-order valence-electron chi connectivity index (χ4n) is 3.07. The normalized spacial score (nSPS) is 14.9. The van der Waals surface area contributed by atoms with E-state index in [1.54, 1.807) is 4.90 Å². The molecule has 1 aliphatic rings. The van der Waals surface area contributed by atoms with Crippen LogP contribution in [0.1, 0.15) is 28.5 Å². The summed E-state index contributed by atoms with van der Waals surface area (Å²) in [7, 11) is 0. The second-order valence-electron chi connectivity index (χ2n) is 6.58. The number of carbonyl (C=O) groups is 1. The Morgan fingerprint density at radius 1 is 1.11 bits per heavy atom. The highest BCUT2D eigenvalue weighted by Crippen LogP contribution is 2.29. The smallest absolute Gasteiger partial charge is 0.354 e. The van der Waals surface area contributed by atoms with Crippen LogP contribution in [0, 0.1) is 6.92 Å². The van der Waals surface area contributed by atoms with E-state index in [1.807, 2.05) is 19.9 Å². The molecule has 0 atom stereocenters. The molecule has 0 saturated carbocycles. The van der Waals surface area contributed by atoms with Crippen molar-refractivity contribution in [2.24, 2.45) is 0 Å². The Morgan fingerprint density at radius 2 is 1.75 bits per heavy atom. The van der Waals surface area contributed by atoms with Gasteiger partial charge in [-0.1, -0.05) is 0 Å². The van der Waals surface area contributed by atoms with E-state index in [9.17, 15) is 18.0 Å². The average Bonchev–Trinajstić information content (AvgIpc) is 2.67. The minimum atomic E-state index is -4.41. The van der Waals surface area contributed by atoms with Gasteiger partial charge >= 0.3 is 6.18 Å². The molecular formula is C19H22F3N5O. The third kappa shape index (κ3) is 4.52. The molecule has 0 aliphatic carbocycles. The Bertz CT molecular complexity index is 830. The highest BCUT2D eigenvalue weighted by Gasteiger charge is 2.30. The zero-order chi connectivity index (χ0) is 20.3. The summed E-state index contributed by atoms with van der Waals surface area (Å²) >= 11 is 0. The molecule has 1 N–H and O–H groups in total. The minimum absolute atomic E-state index is 0.258. The van der Waals surface area contributed by atoms with E-state index < -0.39 is 11.7 Å². The number of rotatable bonds is 4. The van der Waals surface area contributed by atoms with Crippen LogP contribution in [0.5, 0.6) is 0 Å². The number of anilines is 2. The number of nitrogens with one attached hydrogen (secondary N) is 1. The van der Waals surface area contributed by atoms with Crippen LogP contribution in [-0.2, 0) is 6.18 Å². The van der Waals surface area contributed by atoms with Crippen LogP contribution in [-0.4, -0.2) is 53.5 Å². The highest BCUT2D eigenvalue weighted by atomic mass is 19.4. The van der Waals surface area contributed by atoms with Crippen molar-refractivity contribution in [2.45, 2.75) is 20.0 Å². The van der Waals surface area contributed by atoms with Crippen molar-refractivity contribution < 1.29 is 18.0 Å². The molecule has 9 heteroatoms. The molecule has 0 radical (unpaired) electrons. The van der Waals surface area contributed by atoms with Crippen molar-refractivity contribution in [1.29, 1.82) is 0 Å². The third-order valence-corrected chi connectivity index (χ3v) is 4.53. The average molecular weight is 393 g/mol. The molecule has 0 unspecified atom stereocenters. The Balaban J connectivity index is 1.64. The highest BCUT2D eigenvalue weighted by molar-refractivity contribution is 5.94. The van der Waals surface area contributed by atoms with Crippen molar-refractivity contribution in [3.05, 3.63) is 47.2 Å². The molecule has 1 fully saturated rings. The first kappa shape index (κ1) is 19.9. The van der Waals surface area contributed by atoms with Crippen LogP contribution >= 0.6 is 0 Å². The quantitative estimate of drug-likeness (QED) is 0.865. The number of carbonyl (C=O) groups excluding carboxylic acids is 1. The number of piperazine rings is 1. The van der Waals surface area contributed by atoms with Crippen molar-refractivity contribution in [3.8, 4) is 0 Å². The number of alkyl halides is 3. The van der Waals surface area contributed by atoms with E-state index in [0.29, 0.717) is 32.1 Å². The molecule has 0 bridgehead atoms. The van der Waals surface area contributed by atoms with Gasteiger partial charge in [0.15, 0.2) is 0 Å². The molecule has 1 aromatic heterocycles. The molecule has 2 heterocycles. The number of aryl methyl sites for hydroxylation is 1. The van der Waals surface area contributed by atoms with Crippen LogP contribution in [0.4, 0.5) is 24.9 Å². The Morgan fingerprint density at radius 3 is 2.32 bits per heavy atom. The SMILES string of the molecule is CCNc1nc(C)cc(N2CCN(C(=O)c3ccc(C(F)(F)F)cc3)CC2)n1. The number of benzene rings is 1. The molecule has 1 amide bonds. The minimum Gasteiger partial charge on any atom is -0.354 e. The van der Waals surface area contributed by atoms with Crippen LogP contribution < -0.4 is 10.2 Å². The van der Waals surface area contributed by atoms with Crippen molar-refractivity contribution in [3.63, 3.8) is 0 Å². The van der Waals surface area contributed by atoms with Gasteiger partial charge in [-0.3, -0.25) is 4.79 Å². The standard InChI is InChI=1S/C19H22F3N5O/c1-3-23-18-24-13(2)12-16(25-18)26-8-10-27(11-9-26)17(28)14-4-6-15(7-5-14)19(20,21)22/h4-7,12H,3,8-11H2,1-2H3,(H,23,24,25). The van der Waals surface area contributed by atoms with Gasteiger partial charge in [0.25, 0.3) is 5.91 Å². The lowest BCUT2D eigenvalue weighted by Crippen LogP contribution is -2.49. The maximum absolute atomic E-state index is 12.7. The molecular weight excluding hydrogens is 371 g/mol. The number of amides is 1. The van der Waals surface area contributed by atoms with Crippen molar-refractivity contribution in [1.82, 2.24) is 14.9 Å². The van der Waals surface area contributed by atoms with Gasteiger partial charge in [-0.2, -0.15) is 18.2 Å². The van der Waals surface area contributed by atoms with Crippen LogP contribution in [0.25, 0.3) is 0 Å². The summed E-state index contributed by atoms with van der Waals surface area (Å²) in [5.74, 6) is 1.10. The summed E-state index contributed by atoms with van der Waals surface area (Å²) in [5, 5.41) is 3.10. The lowest BCUT2D eigenvalue weighted by atomic mass is 10.1. The van der Waals surface area contributed by atoms with Crippen LogP contribution in [0.3, 0.4) is 0 Å². The zero-order valence-electron chi connectivity index (χ0n) is 15.8. The summed E-state index contributed by atoms with van der Waals surface area (Å²) < 4.78 is 38.0. The maximum Gasteiger partial charge on any atom is 0.416 e. The summed E-state index contributed by atoms with van der Waals surface area (Å²) in [6.45, 7) is 6.72. The summed E-state index contributed by atoms with van der Waals surface area (Å²) in [6, 6.07) is 6.24. The monoisotopic (exact) mass is 393 g/mol. The molecule has 150 valence electrons. The summed E-state index contributed by atoms with van der Waals surface area (Å²) in [4.78, 5) is 25.1. The van der Waals surface area contributed by atoms with Crippen molar-refractivity contribution >= 4 is 17.7 Å². The van der Waals surface area contributed by atoms with Gasteiger partial charge in [0.1, 0.15) is 5.82 Å². The van der Waals surface area contributed by atoms with Crippen molar-refractivity contribution in [2.75, 3.05) is 42.9 Å². The van der Waals surface area contributed by atoms with Gasteiger partial charge in [-0.15, -0.1) is 0 Å². The van der Waals surface area contributed by atoms with E-state index in [1.165, 1.54) is 12.1 Å². The summed E-state index contributed by atoms with van der Waals surface area (Å²) in [5.41, 5.74) is 0.350. The fraction of sp³-hybridized carbons (Fsp3) is 0.421. The van der Waals surface area contributed by atoms with Gasteiger partial charge < -0.3 is 15.1 Å². The predicted octanol–water partition coefficient (Wildman–Crippen LogP) is 3.20. The Labute approximate surface area is 161 Å². The number of halogens is 3. The first-order chi connectivity index (χ1) is 13.3. The van der Waals surface area contributed by atoms with Crippen LogP contribution in [0.15, 0.2) is 30.3 Å². The first-order valence-electron chi connectivity index (χ1n) is 9.09. The lowest BCUT2D eigenvalue weighted by molar-refractivity contribution is -0.137.